The maximum atomic E-state index is 11.5. The van der Waals surface area contributed by atoms with Gasteiger partial charge >= 0.3 is 0 Å². The minimum Gasteiger partial charge on any atom is -0.490 e. The quantitative estimate of drug-likeness (QED) is 0.734. The van der Waals surface area contributed by atoms with Gasteiger partial charge < -0.3 is 9.47 Å². The first-order valence-corrected chi connectivity index (χ1v) is 5.91. The fourth-order valence-electron chi connectivity index (χ4n) is 1.82. The number of carbonyl (C=O) groups excluding carboxylic acids is 1. The first kappa shape index (κ1) is 12.0. The normalized spacial score (nSPS) is 22.9. The van der Waals surface area contributed by atoms with Gasteiger partial charge in [-0.2, -0.15) is 0 Å². The SMILES string of the molecule is CCC(=O)c1cc(OC2CC(OC)C2)ccn1. The average molecular weight is 235 g/mol. The third-order valence-corrected chi connectivity index (χ3v) is 3.03. The van der Waals surface area contributed by atoms with Crippen LogP contribution in [-0.4, -0.2) is 30.1 Å². The van der Waals surface area contributed by atoms with E-state index in [1.165, 1.54) is 0 Å². The lowest BCUT2D eigenvalue weighted by Crippen LogP contribution is -2.38. The van der Waals surface area contributed by atoms with E-state index in [1.807, 2.05) is 6.92 Å². The smallest absolute Gasteiger partial charge is 0.181 e. The molecular formula is C13H17NO3. The van der Waals surface area contributed by atoms with Crippen molar-refractivity contribution in [3.63, 3.8) is 0 Å². The molecule has 0 atom stereocenters. The number of carbonyl (C=O) groups is 1. The highest BCUT2D eigenvalue weighted by atomic mass is 16.5. The molecule has 1 aliphatic carbocycles. The summed E-state index contributed by atoms with van der Waals surface area (Å²) in [6.07, 6.45) is 4.42. The van der Waals surface area contributed by atoms with Crippen molar-refractivity contribution in [1.29, 1.82) is 0 Å². The molecule has 0 saturated heterocycles. The van der Waals surface area contributed by atoms with Gasteiger partial charge in [0.05, 0.1) is 6.10 Å². The molecule has 1 aromatic heterocycles. The molecule has 0 unspecified atom stereocenters. The first-order valence-electron chi connectivity index (χ1n) is 5.91. The summed E-state index contributed by atoms with van der Waals surface area (Å²) in [6, 6.07) is 3.50. The predicted molar refractivity (Wildman–Crippen MR) is 63.3 cm³/mol. The van der Waals surface area contributed by atoms with Crippen molar-refractivity contribution >= 4 is 5.78 Å². The van der Waals surface area contributed by atoms with Crippen LogP contribution < -0.4 is 4.74 Å². The molecule has 0 amide bonds. The van der Waals surface area contributed by atoms with Gasteiger partial charge in [0.25, 0.3) is 0 Å². The molecule has 0 spiro atoms. The number of ketones is 1. The van der Waals surface area contributed by atoms with E-state index in [9.17, 15) is 4.79 Å². The molecule has 17 heavy (non-hydrogen) atoms. The molecule has 1 aromatic rings. The van der Waals surface area contributed by atoms with Crippen molar-refractivity contribution in [2.45, 2.75) is 38.4 Å². The van der Waals surface area contributed by atoms with Gasteiger partial charge in [0, 0.05) is 38.6 Å². The molecule has 2 rings (SSSR count). The molecule has 1 heterocycles. The molecule has 4 nitrogen and oxygen atoms in total. The van der Waals surface area contributed by atoms with Gasteiger partial charge in [0.15, 0.2) is 5.78 Å². The van der Waals surface area contributed by atoms with E-state index < -0.39 is 0 Å². The number of hydrogen-bond donors (Lipinski definition) is 0. The Bertz CT molecular complexity index is 399. The van der Waals surface area contributed by atoms with Crippen LogP contribution in [-0.2, 0) is 4.74 Å². The zero-order valence-electron chi connectivity index (χ0n) is 10.2. The van der Waals surface area contributed by atoms with Crippen LogP contribution in [0.3, 0.4) is 0 Å². The van der Waals surface area contributed by atoms with Gasteiger partial charge in [0.1, 0.15) is 17.5 Å². The van der Waals surface area contributed by atoms with Crippen molar-refractivity contribution in [2.24, 2.45) is 0 Å². The van der Waals surface area contributed by atoms with Crippen LogP contribution in [0, 0.1) is 0 Å². The average Bonchev–Trinajstić information content (AvgIpc) is 2.32. The molecule has 1 aliphatic rings. The van der Waals surface area contributed by atoms with Crippen LogP contribution in [0.15, 0.2) is 18.3 Å². The van der Waals surface area contributed by atoms with Gasteiger partial charge in [-0.25, -0.2) is 0 Å². The van der Waals surface area contributed by atoms with E-state index in [2.05, 4.69) is 4.98 Å². The minimum absolute atomic E-state index is 0.0406. The van der Waals surface area contributed by atoms with Gasteiger partial charge in [0.2, 0.25) is 0 Å². The molecule has 0 bridgehead atoms. The maximum Gasteiger partial charge on any atom is 0.181 e. The Morgan fingerprint density at radius 2 is 2.24 bits per heavy atom. The van der Waals surface area contributed by atoms with Gasteiger partial charge in [-0.05, 0) is 6.07 Å². The summed E-state index contributed by atoms with van der Waals surface area (Å²) in [5.41, 5.74) is 0.479. The number of Topliss-reactive ketones (excluding diaryl/α,β-unsaturated/α-hetero) is 1. The molecule has 1 fully saturated rings. The standard InChI is InChI=1S/C13H17NO3/c1-3-13(15)12-8-9(4-5-14-12)17-11-6-10(7-11)16-2/h4-5,8,10-11H,3,6-7H2,1-2H3. The number of rotatable bonds is 5. The van der Waals surface area contributed by atoms with Crippen molar-refractivity contribution in [1.82, 2.24) is 4.98 Å². The monoisotopic (exact) mass is 235 g/mol. The summed E-state index contributed by atoms with van der Waals surface area (Å²) in [6.45, 7) is 1.83. The number of hydrogen-bond acceptors (Lipinski definition) is 4. The summed E-state index contributed by atoms with van der Waals surface area (Å²) in [7, 11) is 1.71. The highest BCUT2D eigenvalue weighted by Gasteiger charge is 2.30. The van der Waals surface area contributed by atoms with E-state index in [0.717, 1.165) is 18.6 Å². The summed E-state index contributed by atoms with van der Waals surface area (Å²) in [5.74, 6) is 0.759. The number of aromatic nitrogens is 1. The molecule has 0 aromatic carbocycles. The van der Waals surface area contributed by atoms with Crippen LogP contribution in [0.1, 0.15) is 36.7 Å². The summed E-state index contributed by atoms with van der Waals surface area (Å²) >= 11 is 0. The number of ether oxygens (including phenoxy) is 2. The third kappa shape index (κ3) is 2.82. The summed E-state index contributed by atoms with van der Waals surface area (Å²) < 4.78 is 10.9. The zero-order chi connectivity index (χ0) is 12.3. The van der Waals surface area contributed by atoms with Crippen molar-refractivity contribution in [3.05, 3.63) is 24.0 Å². The second-order valence-electron chi connectivity index (χ2n) is 4.22. The van der Waals surface area contributed by atoms with Gasteiger partial charge in [-0.15, -0.1) is 0 Å². The Hall–Kier alpha value is -1.42. The highest BCUT2D eigenvalue weighted by Crippen LogP contribution is 2.27. The lowest BCUT2D eigenvalue weighted by molar-refractivity contribution is -0.0381. The fourth-order valence-corrected chi connectivity index (χ4v) is 1.82. The van der Waals surface area contributed by atoms with Crippen LogP contribution in [0.4, 0.5) is 0 Å². The Labute approximate surface area is 101 Å². The van der Waals surface area contributed by atoms with Gasteiger partial charge in [-0.3, -0.25) is 9.78 Å². The maximum absolute atomic E-state index is 11.5. The van der Waals surface area contributed by atoms with E-state index in [0.29, 0.717) is 18.2 Å². The Balaban J connectivity index is 1.95. The minimum atomic E-state index is 0.0406. The summed E-state index contributed by atoms with van der Waals surface area (Å²) in [5, 5.41) is 0. The van der Waals surface area contributed by atoms with E-state index in [4.69, 9.17) is 9.47 Å². The first-order chi connectivity index (χ1) is 8.22. The van der Waals surface area contributed by atoms with Crippen molar-refractivity contribution in [3.8, 4) is 5.75 Å². The van der Waals surface area contributed by atoms with E-state index in [-0.39, 0.29) is 11.9 Å². The largest absolute Gasteiger partial charge is 0.490 e. The molecule has 4 heteroatoms. The van der Waals surface area contributed by atoms with Crippen LogP contribution in [0.25, 0.3) is 0 Å². The second-order valence-corrected chi connectivity index (χ2v) is 4.22. The Kier molecular flexibility index (Phi) is 3.74. The van der Waals surface area contributed by atoms with Crippen LogP contribution >= 0.6 is 0 Å². The molecule has 92 valence electrons. The molecule has 1 saturated carbocycles. The Morgan fingerprint density at radius 1 is 1.47 bits per heavy atom. The molecule has 0 N–H and O–H groups in total. The topological polar surface area (TPSA) is 48.4 Å². The molecule has 0 aliphatic heterocycles. The fraction of sp³-hybridized carbons (Fsp3) is 0.538. The molecular weight excluding hydrogens is 218 g/mol. The van der Waals surface area contributed by atoms with E-state index in [1.54, 1.807) is 25.4 Å². The van der Waals surface area contributed by atoms with Crippen LogP contribution in [0.5, 0.6) is 5.75 Å². The Morgan fingerprint density at radius 3 is 2.88 bits per heavy atom. The summed E-state index contributed by atoms with van der Waals surface area (Å²) in [4.78, 5) is 15.5. The van der Waals surface area contributed by atoms with Gasteiger partial charge in [-0.1, -0.05) is 6.92 Å². The number of nitrogens with zero attached hydrogens (tertiary/aromatic N) is 1. The lowest BCUT2D eigenvalue weighted by atomic mass is 9.92. The van der Waals surface area contributed by atoms with Crippen LogP contribution in [0.2, 0.25) is 0 Å². The highest BCUT2D eigenvalue weighted by molar-refractivity contribution is 5.94. The predicted octanol–water partition coefficient (Wildman–Crippen LogP) is 2.23. The van der Waals surface area contributed by atoms with Crippen molar-refractivity contribution in [2.75, 3.05) is 7.11 Å². The third-order valence-electron chi connectivity index (χ3n) is 3.03. The lowest BCUT2D eigenvalue weighted by Gasteiger charge is -2.34. The second kappa shape index (κ2) is 5.27. The number of methoxy groups -OCH3 is 1. The van der Waals surface area contributed by atoms with Crippen molar-refractivity contribution < 1.29 is 14.3 Å². The molecule has 0 radical (unpaired) electrons. The van der Waals surface area contributed by atoms with E-state index >= 15 is 0 Å². The number of pyridine rings is 1. The zero-order valence-corrected chi connectivity index (χ0v) is 10.2.